The smallest absolute Gasteiger partial charge is 0.253 e. The number of hydrogen-bond donors (Lipinski definition) is 3. The lowest BCUT2D eigenvalue weighted by atomic mass is 10.1. The molecule has 0 spiro atoms. The number of carbonyl (C=O) groups is 6. The summed E-state index contributed by atoms with van der Waals surface area (Å²) in [5, 5.41) is 40.3. The number of nitrogens with zero attached hydrogens (tertiary/aromatic N) is 10. The van der Waals surface area contributed by atoms with E-state index in [-0.39, 0.29) is 102 Å². The number of hydrogen-bond acceptors (Lipinski definition) is 26. The Hall–Kier alpha value is -7.40. The van der Waals surface area contributed by atoms with E-state index >= 15 is 0 Å². The van der Waals surface area contributed by atoms with E-state index in [4.69, 9.17) is 56.8 Å². The van der Waals surface area contributed by atoms with Crippen molar-refractivity contribution in [3.05, 3.63) is 83.5 Å². The second kappa shape index (κ2) is 47.5. The normalized spacial score (nSPS) is 12.0. The molecule has 0 radical (unpaired) electrons. The quantitative estimate of drug-likeness (QED) is 0.0397. The zero-order chi connectivity index (χ0) is 64.6. The number of carbonyl (C=O) groups excluding carboxylic acids is 6. The van der Waals surface area contributed by atoms with E-state index in [0.717, 1.165) is 27.2 Å². The van der Waals surface area contributed by atoms with E-state index in [1.807, 2.05) is 48.5 Å². The van der Waals surface area contributed by atoms with Gasteiger partial charge in [0.2, 0.25) is 35.3 Å². The summed E-state index contributed by atoms with van der Waals surface area (Å²) < 4.78 is 67.3. The molecule has 1 aliphatic rings. The van der Waals surface area contributed by atoms with E-state index in [1.54, 1.807) is 18.7 Å². The minimum Gasteiger partial charge on any atom is -0.379 e. The molecule has 0 bridgehead atoms. The van der Waals surface area contributed by atoms with Crippen molar-refractivity contribution >= 4 is 35.4 Å². The summed E-state index contributed by atoms with van der Waals surface area (Å²) in [6, 6.07) is 15.0. The van der Waals surface area contributed by atoms with Gasteiger partial charge in [0.05, 0.1) is 165 Å². The maximum atomic E-state index is 13.3. The summed E-state index contributed by atoms with van der Waals surface area (Å²) in [6.07, 6.45) is 2.96. The van der Waals surface area contributed by atoms with Gasteiger partial charge in [-0.3, -0.25) is 33.7 Å². The summed E-state index contributed by atoms with van der Waals surface area (Å²) in [5.41, 5.74) is 3.42. The number of rotatable bonds is 54. The van der Waals surface area contributed by atoms with Crippen molar-refractivity contribution in [2.45, 2.75) is 52.6 Å². The molecule has 2 aromatic heterocycles. The van der Waals surface area contributed by atoms with Crippen molar-refractivity contribution in [3.63, 3.8) is 0 Å². The molecule has 0 aliphatic carbocycles. The maximum absolute atomic E-state index is 13.3. The van der Waals surface area contributed by atoms with Gasteiger partial charge in [-0.05, 0) is 25.0 Å². The highest BCUT2D eigenvalue weighted by atomic mass is 16.6. The van der Waals surface area contributed by atoms with E-state index in [2.05, 4.69) is 56.7 Å². The first kappa shape index (κ1) is 74.3. The van der Waals surface area contributed by atoms with E-state index < -0.39 is 11.8 Å². The molecule has 6 amide bonds. The molecule has 0 atom stereocenters. The molecule has 3 N–H and O–H groups in total. The largest absolute Gasteiger partial charge is 0.379 e. The third kappa shape index (κ3) is 34.6. The zero-order valence-electron chi connectivity index (χ0n) is 52.1. The first-order chi connectivity index (χ1) is 44.5. The highest BCUT2D eigenvalue weighted by molar-refractivity contribution is 6.13. The molecule has 2 aromatic carbocycles. The fourth-order valence-corrected chi connectivity index (χ4v) is 7.77. The van der Waals surface area contributed by atoms with Crippen molar-refractivity contribution in [2.75, 3.05) is 185 Å². The van der Waals surface area contributed by atoms with Crippen molar-refractivity contribution in [1.29, 1.82) is 0 Å². The van der Waals surface area contributed by atoms with E-state index in [9.17, 15) is 28.8 Å². The Balaban J connectivity index is 0.832. The van der Waals surface area contributed by atoms with Crippen LogP contribution in [0.1, 0.15) is 48.5 Å². The molecule has 31 nitrogen and oxygen atoms in total. The Morgan fingerprint density at radius 1 is 0.374 bits per heavy atom. The minimum absolute atomic E-state index is 0.0141. The first-order valence-corrected chi connectivity index (χ1v) is 30.3. The number of imide groups is 1. The topological polar surface area (TPSA) is 359 Å². The molecule has 4 aromatic rings. The lowest BCUT2D eigenvalue weighted by Gasteiger charge is -2.23. The average Bonchev–Trinajstić information content (AvgIpc) is 3.00. The number of aryl methyl sites for hydroxylation is 2. The Morgan fingerprint density at radius 3 is 1.04 bits per heavy atom. The van der Waals surface area contributed by atoms with Crippen LogP contribution in [0.25, 0.3) is 22.8 Å². The van der Waals surface area contributed by atoms with Crippen LogP contribution in [0, 0.1) is 13.8 Å². The molecule has 91 heavy (non-hydrogen) atoms. The van der Waals surface area contributed by atoms with Gasteiger partial charge < -0.3 is 77.7 Å². The number of amides is 6. The van der Waals surface area contributed by atoms with Crippen LogP contribution >= 0.6 is 0 Å². The van der Waals surface area contributed by atoms with Crippen molar-refractivity contribution in [3.8, 4) is 22.8 Å². The molecule has 3 heterocycles. The minimum atomic E-state index is -0.423. The van der Waals surface area contributed by atoms with Gasteiger partial charge in [-0.2, -0.15) is 0 Å². The summed E-state index contributed by atoms with van der Waals surface area (Å²) in [6.45, 7) is 12.8. The summed E-state index contributed by atoms with van der Waals surface area (Å²) in [4.78, 5) is 75.7. The maximum Gasteiger partial charge on any atom is 0.253 e. The number of benzene rings is 2. The van der Waals surface area contributed by atoms with Crippen molar-refractivity contribution in [2.24, 2.45) is 0 Å². The molecule has 0 unspecified atom stereocenters. The predicted octanol–water partition coefficient (Wildman–Crippen LogP) is 0.359. The molecule has 0 saturated heterocycles. The Morgan fingerprint density at radius 2 is 0.681 bits per heavy atom. The average molecular weight is 1280 g/mol. The fraction of sp³-hybridized carbons (Fsp3) is 0.600. The second-order valence-electron chi connectivity index (χ2n) is 19.7. The Kier molecular flexibility index (Phi) is 38.8. The number of ether oxygens (including phenoxy) is 12. The van der Waals surface area contributed by atoms with Gasteiger partial charge >= 0.3 is 0 Å². The first-order valence-electron chi connectivity index (χ1n) is 30.3. The van der Waals surface area contributed by atoms with Crippen LogP contribution < -0.4 is 16.0 Å². The van der Waals surface area contributed by atoms with Crippen molar-refractivity contribution < 1.29 is 85.6 Å². The van der Waals surface area contributed by atoms with E-state index in [1.165, 1.54) is 12.2 Å². The molecule has 0 saturated carbocycles. The van der Waals surface area contributed by atoms with Gasteiger partial charge in [-0.1, -0.05) is 48.5 Å². The predicted molar refractivity (Wildman–Crippen MR) is 323 cm³/mol. The molecule has 500 valence electrons. The second-order valence-corrected chi connectivity index (χ2v) is 19.7. The van der Waals surface area contributed by atoms with Gasteiger partial charge in [0.1, 0.15) is 0 Å². The highest BCUT2D eigenvalue weighted by Gasteiger charge is 2.23. The number of nitrogens with one attached hydrogen (secondary N) is 3. The van der Waals surface area contributed by atoms with Crippen LogP contribution in [0.4, 0.5) is 0 Å². The Labute approximate surface area is 529 Å². The number of aromatic nitrogens is 8. The zero-order valence-corrected chi connectivity index (χ0v) is 52.1. The lowest BCUT2D eigenvalue weighted by Crippen LogP contribution is -2.37. The van der Waals surface area contributed by atoms with Gasteiger partial charge in [0, 0.05) is 81.8 Å². The highest BCUT2D eigenvalue weighted by Crippen LogP contribution is 2.15. The monoisotopic (exact) mass is 1280 g/mol. The van der Waals surface area contributed by atoms with Crippen LogP contribution in [-0.4, -0.2) is 271 Å². The standard InChI is InChI=1S/C60H87N13O18/c1-47-64-68-59(69-65-47)51-7-3-49(4-8-51)45-62-54(75)14-21-80-27-33-86-40-43-90-37-31-84-25-19-72(56(77)16-23-82-29-35-88-39-42-89-36-30-83-24-17-61-53(74)13-18-73-57(78)11-12-58(73)79)20-26-85-32-38-91-44-41-87-34-28-81-22-15-55(76)63-46-50-5-9-52(10-6-50)60-70-66-48(2)67-71-60/h3-12H,13-46H2,1-2H3,(H,61,74)(H,62,75)(H,63,76). The van der Waals surface area contributed by atoms with Gasteiger partial charge in [-0.25, -0.2) is 0 Å². The molecule has 1 aliphatic heterocycles. The fourth-order valence-electron chi connectivity index (χ4n) is 7.77. The van der Waals surface area contributed by atoms with Crippen LogP contribution in [-0.2, 0) is 98.7 Å². The SMILES string of the molecule is Cc1nnc(-c2ccc(CNC(=O)CCOCCOCCOCCOCCN(CCOCCOCCOCCOCCC(=O)NCc3ccc(-c4nnc(C)nn4)cc3)C(=O)CCOCCOCCOCCOCCNC(=O)CCN3C(=O)C=CC3=O)cc2)nn1. The Bertz CT molecular complexity index is 2550. The van der Waals surface area contributed by atoms with Crippen LogP contribution in [0.2, 0.25) is 0 Å². The molecule has 5 rings (SSSR count). The van der Waals surface area contributed by atoms with E-state index in [0.29, 0.717) is 168 Å². The summed E-state index contributed by atoms with van der Waals surface area (Å²) in [7, 11) is 0. The lowest BCUT2D eigenvalue weighted by molar-refractivity contribution is -0.137. The molecular formula is C60H87N13O18. The van der Waals surface area contributed by atoms with Gasteiger partial charge in [0.15, 0.2) is 11.6 Å². The molecule has 31 heteroatoms. The third-order valence-corrected chi connectivity index (χ3v) is 12.7. The summed E-state index contributed by atoms with van der Waals surface area (Å²) in [5.74, 6) is 0.350. The van der Waals surface area contributed by atoms with Crippen LogP contribution in [0.3, 0.4) is 0 Å². The molecular weight excluding hydrogens is 1190 g/mol. The van der Waals surface area contributed by atoms with Crippen LogP contribution in [0.15, 0.2) is 60.7 Å². The van der Waals surface area contributed by atoms with Crippen LogP contribution in [0.5, 0.6) is 0 Å². The van der Waals surface area contributed by atoms with Gasteiger partial charge in [0.25, 0.3) is 11.8 Å². The summed E-state index contributed by atoms with van der Waals surface area (Å²) >= 11 is 0. The molecule has 0 fully saturated rings. The van der Waals surface area contributed by atoms with Gasteiger partial charge in [-0.15, -0.1) is 40.8 Å². The van der Waals surface area contributed by atoms with Crippen molar-refractivity contribution in [1.82, 2.24) is 66.5 Å². The third-order valence-electron chi connectivity index (χ3n) is 12.7.